The molecule has 1 unspecified atom stereocenters. The maximum absolute atomic E-state index is 11.8. The first-order valence-electron chi connectivity index (χ1n) is 6.00. The van der Waals surface area contributed by atoms with Gasteiger partial charge in [-0.1, -0.05) is 12.1 Å². The van der Waals surface area contributed by atoms with Crippen LogP contribution in [0.1, 0.15) is 22.3 Å². The lowest BCUT2D eigenvalue weighted by Gasteiger charge is -2.14. The molecule has 5 heteroatoms. The SMILES string of the molecule is C=CCC(N)C(=O)Nc1cccc(C(=O)NC)c1C. The second kappa shape index (κ2) is 6.70. The quantitative estimate of drug-likeness (QED) is 0.696. The molecule has 4 N–H and O–H groups in total. The summed E-state index contributed by atoms with van der Waals surface area (Å²) in [5.41, 5.74) is 7.51. The smallest absolute Gasteiger partial charge is 0.251 e. The molecule has 0 bridgehead atoms. The number of carbonyl (C=O) groups is 2. The molecule has 19 heavy (non-hydrogen) atoms. The fraction of sp³-hybridized carbons (Fsp3) is 0.286. The summed E-state index contributed by atoms with van der Waals surface area (Å²) in [5.74, 6) is -0.485. The van der Waals surface area contributed by atoms with Gasteiger partial charge < -0.3 is 16.4 Å². The lowest BCUT2D eigenvalue weighted by atomic mass is 10.1. The molecule has 0 aliphatic heterocycles. The van der Waals surface area contributed by atoms with Crippen LogP contribution < -0.4 is 16.4 Å². The van der Waals surface area contributed by atoms with Crippen molar-refractivity contribution < 1.29 is 9.59 Å². The van der Waals surface area contributed by atoms with E-state index in [1.807, 2.05) is 0 Å². The number of hydrogen-bond donors (Lipinski definition) is 3. The minimum absolute atomic E-state index is 0.191. The normalized spacial score (nSPS) is 11.5. The highest BCUT2D eigenvalue weighted by Gasteiger charge is 2.15. The minimum Gasteiger partial charge on any atom is -0.355 e. The van der Waals surface area contributed by atoms with Crippen LogP contribution in [0.4, 0.5) is 5.69 Å². The van der Waals surface area contributed by atoms with Gasteiger partial charge in [0.1, 0.15) is 0 Å². The Bertz CT molecular complexity index is 497. The summed E-state index contributed by atoms with van der Waals surface area (Å²) in [4.78, 5) is 23.5. The Hall–Kier alpha value is -2.14. The van der Waals surface area contributed by atoms with Gasteiger partial charge in [-0.2, -0.15) is 0 Å². The van der Waals surface area contributed by atoms with Crippen molar-refractivity contribution in [3.8, 4) is 0 Å². The second-order valence-corrected chi connectivity index (χ2v) is 4.18. The first kappa shape index (κ1) is 14.9. The van der Waals surface area contributed by atoms with E-state index in [-0.39, 0.29) is 11.8 Å². The molecule has 102 valence electrons. The first-order chi connectivity index (χ1) is 9.01. The van der Waals surface area contributed by atoms with Gasteiger partial charge in [-0.3, -0.25) is 9.59 Å². The number of nitrogens with one attached hydrogen (secondary N) is 2. The summed E-state index contributed by atoms with van der Waals surface area (Å²) < 4.78 is 0. The minimum atomic E-state index is -0.638. The van der Waals surface area contributed by atoms with Crippen molar-refractivity contribution in [1.29, 1.82) is 0 Å². The van der Waals surface area contributed by atoms with E-state index in [0.29, 0.717) is 23.2 Å². The molecule has 1 atom stereocenters. The van der Waals surface area contributed by atoms with Gasteiger partial charge in [-0.15, -0.1) is 6.58 Å². The average molecular weight is 261 g/mol. The summed E-state index contributed by atoms with van der Waals surface area (Å²) in [6.07, 6.45) is 2.00. The molecule has 0 aliphatic carbocycles. The first-order valence-corrected chi connectivity index (χ1v) is 6.00. The zero-order valence-corrected chi connectivity index (χ0v) is 11.2. The van der Waals surface area contributed by atoms with E-state index in [2.05, 4.69) is 17.2 Å². The van der Waals surface area contributed by atoms with Crippen LogP contribution in [0.15, 0.2) is 30.9 Å². The largest absolute Gasteiger partial charge is 0.355 e. The molecule has 0 saturated heterocycles. The van der Waals surface area contributed by atoms with Crippen LogP contribution in [0, 0.1) is 6.92 Å². The van der Waals surface area contributed by atoms with Crippen molar-refractivity contribution in [1.82, 2.24) is 5.32 Å². The lowest BCUT2D eigenvalue weighted by molar-refractivity contribution is -0.117. The fourth-order valence-electron chi connectivity index (χ4n) is 1.66. The van der Waals surface area contributed by atoms with Crippen molar-refractivity contribution in [3.63, 3.8) is 0 Å². The predicted octanol–water partition coefficient (Wildman–Crippen LogP) is 1.20. The Balaban J connectivity index is 2.93. The van der Waals surface area contributed by atoms with E-state index in [4.69, 9.17) is 5.73 Å². The van der Waals surface area contributed by atoms with Crippen molar-refractivity contribution in [2.45, 2.75) is 19.4 Å². The highest BCUT2D eigenvalue weighted by molar-refractivity contribution is 6.00. The van der Waals surface area contributed by atoms with Crippen molar-refractivity contribution in [2.24, 2.45) is 5.73 Å². The second-order valence-electron chi connectivity index (χ2n) is 4.18. The summed E-state index contributed by atoms with van der Waals surface area (Å²) >= 11 is 0. The maximum atomic E-state index is 11.8. The Morgan fingerprint density at radius 1 is 1.47 bits per heavy atom. The Kier molecular flexibility index (Phi) is 5.26. The van der Waals surface area contributed by atoms with E-state index >= 15 is 0 Å². The lowest BCUT2D eigenvalue weighted by Crippen LogP contribution is -2.35. The van der Waals surface area contributed by atoms with Crippen LogP contribution >= 0.6 is 0 Å². The molecule has 1 aromatic carbocycles. The van der Waals surface area contributed by atoms with Crippen LogP contribution in [0.2, 0.25) is 0 Å². The zero-order chi connectivity index (χ0) is 14.4. The van der Waals surface area contributed by atoms with E-state index in [1.54, 1.807) is 38.2 Å². The number of carbonyl (C=O) groups excluding carboxylic acids is 2. The average Bonchev–Trinajstić information content (AvgIpc) is 2.40. The van der Waals surface area contributed by atoms with Crippen LogP contribution in [0.5, 0.6) is 0 Å². The third-order valence-corrected chi connectivity index (χ3v) is 2.82. The van der Waals surface area contributed by atoms with Crippen molar-refractivity contribution >= 4 is 17.5 Å². The molecular formula is C14H19N3O2. The van der Waals surface area contributed by atoms with Gasteiger partial charge in [0.25, 0.3) is 5.91 Å². The van der Waals surface area contributed by atoms with Gasteiger partial charge in [0.05, 0.1) is 6.04 Å². The number of amides is 2. The summed E-state index contributed by atoms with van der Waals surface area (Å²) in [7, 11) is 1.56. The topological polar surface area (TPSA) is 84.2 Å². The third kappa shape index (κ3) is 3.66. The monoisotopic (exact) mass is 261 g/mol. The molecule has 1 aromatic rings. The molecule has 0 aromatic heterocycles. The van der Waals surface area contributed by atoms with Crippen LogP contribution in [0.25, 0.3) is 0 Å². The Morgan fingerprint density at radius 2 is 2.16 bits per heavy atom. The molecule has 0 aliphatic rings. The summed E-state index contributed by atoms with van der Waals surface area (Å²) in [6.45, 7) is 5.32. The number of hydrogen-bond acceptors (Lipinski definition) is 3. The molecule has 2 amide bonds. The number of anilines is 1. The molecule has 0 fully saturated rings. The highest BCUT2D eigenvalue weighted by atomic mass is 16.2. The zero-order valence-electron chi connectivity index (χ0n) is 11.2. The van der Waals surface area contributed by atoms with Gasteiger partial charge in [0.15, 0.2) is 0 Å². The van der Waals surface area contributed by atoms with Crippen molar-refractivity contribution in [2.75, 3.05) is 12.4 Å². The molecule has 5 nitrogen and oxygen atoms in total. The van der Waals surface area contributed by atoms with E-state index < -0.39 is 6.04 Å². The van der Waals surface area contributed by atoms with E-state index in [1.165, 1.54) is 0 Å². The Morgan fingerprint density at radius 3 is 2.74 bits per heavy atom. The van der Waals surface area contributed by atoms with Gasteiger partial charge in [-0.05, 0) is 31.0 Å². The van der Waals surface area contributed by atoms with Gasteiger partial charge in [0, 0.05) is 18.3 Å². The van der Waals surface area contributed by atoms with Crippen LogP contribution in [-0.2, 0) is 4.79 Å². The third-order valence-electron chi connectivity index (χ3n) is 2.82. The highest BCUT2D eigenvalue weighted by Crippen LogP contribution is 2.19. The summed E-state index contributed by atoms with van der Waals surface area (Å²) in [5, 5.41) is 5.28. The molecule has 0 heterocycles. The molecule has 0 radical (unpaired) electrons. The standard InChI is InChI=1S/C14H19N3O2/c1-4-6-11(15)14(19)17-12-8-5-7-10(9(12)2)13(18)16-3/h4-5,7-8,11H,1,6,15H2,2-3H3,(H,16,18)(H,17,19). The maximum Gasteiger partial charge on any atom is 0.251 e. The Labute approximate surface area is 112 Å². The van der Waals surface area contributed by atoms with Crippen LogP contribution in [-0.4, -0.2) is 24.9 Å². The van der Waals surface area contributed by atoms with Gasteiger partial charge in [-0.25, -0.2) is 0 Å². The van der Waals surface area contributed by atoms with Crippen LogP contribution in [0.3, 0.4) is 0 Å². The molecular weight excluding hydrogens is 242 g/mol. The predicted molar refractivity (Wildman–Crippen MR) is 76.0 cm³/mol. The molecule has 0 saturated carbocycles. The van der Waals surface area contributed by atoms with Gasteiger partial charge in [0.2, 0.25) is 5.91 Å². The van der Waals surface area contributed by atoms with E-state index in [0.717, 1.165) is 0 Å². The van der Waals surface area contributed by atoms with Crippen molar-refractivity contribution in [3.05, 3.63) is 42.0 Å². The summed E-state index contributed by atoms with van der Waals surface area (Å²) in [6, 6.07) is 4.51. The number of benzene rings is 1. The van der Waals surface area contributed by atoms with Gasteiger partial charge >= 0.3 is 0 Å². The number of nitrogens with two attached hydrogens (primary N) is 1. The molecule has 0 spiro atoms. The molecule has 1 rings (SSSR count). The number of rotatable bonds is 5. The van der Waals surface area contributed by atoms with E-state index in [9.17, 15) is 9.59 Å². The fourth-order valence-corrected chi connectivity index (χ4v) is 1.66.